The van der Waals surface area contributed by atoms with Crippen molar-refractivity contribution in [1.82, 2.24) is 0 Å². The third kappa shape index (κ3) is 2.05. The maximum Gasteiger partial charge on any atom is 0.367 e. The number of rotatable bonds is 3. The van der Waals surface area contributed by atoms with Gasteiger partial charge in [-0.15, -0.1) is 0 Å². The average molecular weight is 157 g/mol. The first kappa shape index (κ1) is 7.64. The highest BCUT2D eigenvalue weighted by Crippen LogP contribution is 2.25. The van der Waals surface area contributed by atoms with Gasteiger partial charge in [0.05, 0.1) is 0 Å². The van der Waals surface area contributed by atoms with Crippen molar-refractivity contribution in [2.24, 2.45) is 5.92 Å². The Labute approximate surface area is 61.0 Å². The van der Waals surface area contributed by atoms with E-state index in [9.17, 15) is 4.57 Å². The molecule has 0 radical (unpaired) electrons. The molecular weight excluding hydrogens is 147 g/mol. The van der Waals surface area contributed by atoms with Gasteiger partial charge in [0.1, 0.15) is 0 Å². The molecule has 3 heteroatoms. The lowest BCUT2D eigenvalue weighted by Gasteiger charge is -1.91. The second-order valence-corrected chi connectivity index (χ2v) is 3.85. The molecule has 0 aliphatic heterocycles. The monoisotopic (exact) mass is 157 g/mol. The van der Waals surface area contributed by atoms with Crippen molar-refractivity contribution in [3.05, 3.63) is 24.3 Å². The van der Waals surface area contributed by atoms with E-state index in [0.717, 1.165) is 0 Å². The van der Waals surface area contributed by atoms with Crippen molar-refractivity contribution in [3.8, 4) is 0 Å². The number of hydrogen-bond donors (Lipinski definition) is 1. The summed E-state index contributed by atoms with van der Waals surface area (Å²) in [5, 5.41) is 8.46. The molecule has 1 N–H and O–H groups in total. The fraction of sp³-hybridized carbons (Fsp3) is 0.429. The van der Waals surface area contributed by atoms with Crippen molar-refractivity contribution in [2.75, 3.05) is 12.5 Å². The summed E-state index contributed by atoms with van der Waals surface area (Å²) in [6.45, 7) is 0. The minimum absolute atomic E-state index is 0.187. The van der Waals surface area contributed by atoms with Crippen LogP contribution in [0.1, 0.15) is 0 Å². The van der Waals surface area contributed by atoms with Crippen LogP contribution in [0.3, 0.4) is 0 Å². The van der Waals surface area contributed by atoms with Crippen LogP contribution < -0.4 is 0 Å². The second kappa shape index (κ2) is 3.65. The molecule has 0 bridgehead atoms. The number of allylic oxidation sites excluding steroid dienone is 4. The summed E-state index contributed by atoms with van der Waals surface area (Å²) in [5.41, 5.74) is 0. The molecular formula is C7H10O2P+. The van der Waals surface area contributed by atoms with Crippen molar-refractivity contribution in [2.45, 2.75) is 0 Å². The Balaban J connectivity index is 2.32. The maximum absolute atomic E-state index is 10.8. The van der Waals surface area contributed by atoms with Crippen LogP contribution in [0.2, 0.25) is 0 Å². The van der Waals surface area contributed by atoms with E-state index >= 15 is 0 Å². The van der Waals surface area contributed by atoms with Gasteiger partial charge in [0, 0.05) is 5.92 Å². The smallest absolute Gasteiger partial charge is 0.353 e. The normalized spacial score (nSPS) is 18.3. The van der Waals surface area contributed by atoms with Crippen LogP contribution in [0, 0.1) is 5.92 Å². The van der Waals surface area contributed by atoms with E-state index in [1.807, 2.05) is 24.3 Å². The lowest BCUT2D eigenvalue weighted by Crippen LogP contribution is -1.93. The molecule has 2 nitrogen and oxygen atoms in total. The van der Waals surface area contributed by atoms with Crippen molar-refractivity contribution < 1.29 is 9.67 Å². The molecule has 0 aromatic carbocycles. The Morgan fingerprint density at radius 2 is 2.00 bits per heavy atom. The Kier molecular flexibility index (Phi) is 2.79. The minimum Gasteiger partial charge on any atom is -0.353 e. The van der Waals surface area contributed by atoms with Crippen LogP contribution in [0.4, 0.5) is 0 Å². The van der Waals surface area contributed by atoms with Gasteiger partial charge in [-0.25, -0.2) is 0 Å². The third-order valence-electron chi connectivity index (χ3n) is 1.40. The van der Waals surface area contributed by atoms with Crippen molar-refractivity contribution in [3.63, 3.8) is 0 Å². The first-order valence-corrected chi connectivity index (χ1v) is 4.84. The quantitative estimate of drug-likeness (QED) is 0.630. The third-order valence-corrected chi connectivity index (χ3v) is 2.54. The van der Waals surface area contributed by atoms with Crippen LogP contribution >= 0.6 is 7.80 Å². The van der Waals surface area contributed by atoms with Gasteiger partial charge < -0.3 is 5.11 Å². The summed E-state index contributed by atoms with van der Waals surface area (Å²) < 4.78 is 10.8. The molecule has 54 valence electrons. The Hall–Kier alpha value is -0.460. The SMILES string of the molecule is O=[P+](CO)CC1C=CC=C1. The Morgan fingerprint density at radius 3 is 2.50 bits per heavy atom. The molecule has 1 atom stereocenters. The highest BCUT2D eigenvalue weighted by atomic mass is 31.1. The minimum atomic E-state index is -1.39. The predicted octanol–water partition coefficient (Wildman–Crippen LogP) is 1.51. The van der Waals surface area contributed by atoms with Crippen LogP contribution in [-0.4, -0.2) is 17.6 Å². The first-order valence-electron chi connectivity index (χ1n) is 3.21. The summed E-state index contributed by atoms with van der Waals surface area (Å²) in [6.07, 6.45) is 8.24. The molecule has 0 aromatic heterocycles. The first-order chi connectivity index (χ1) is 4.83. The van der Waals surface area contributed by atoms with E-state index in [1.54, 1.807) is 0 Å². The lowest BCUT2D eigenvalue weighted by molar-refractivity contribution is 0.362. The molecule has 1 unspecified atom stereocenters. The summed E-state index contributed by atoms with van der Waals surface area (Å²) in [5.74, 6) is 0.288. The van der Waals surface area contributed by atoms with E-state index in [-0.39, 0.29) is 12.3 Å². The van der Waals surface area contributed by atoms with E-state index in [2.05, 4.69) is 0 Å². The molecule has 0 fully saturated rings. The summed E-state index contributed by atoms with van der Waals surface area (Å²) in [4.78, 5) is 0. The molecule has 1 aliphatic carbocycles. The van der Waals surface area contributed by atoms with Crippen LogP contribution in [0.5, 0.6) is 0 Å². The van der Waals surface area contributed by atoms with Crippen LogP contribution in [0.15, 0.2) is 24.3 Å². The van der Waals surface area contributed by atoms with Gasteiger partial charge in [-0.1, -0.05) is 28.9 Å². The van der Waals surface area contributed by atoms with Gasteiger partial charge in [0.25, 0.3) is 0 Å². The number of aliphatic hydroxyl groups is 1. The van der Waals surface area contributed by atoms with Gasteiger partial charge in [-0.2, -0.15) is 0 Å². The second-order valence-electron chi connectivity index (χ2n) is 2.24. The Bertz CT molecular complexity index is 172. The van der Waals surface area contributed by atoms with Gasteiger partial charge in [0.15, 0.2) is 6.16 Å². The van der Waals surface area contributed by atoms with Gasteiger partial charge >= 0.3 is 7.80 Å². The molecule has 1 rings (SSSR count). The topological polar surface area (TPSA) is 37.3 Å². The largest absolute Gasteiger partial charge is 0.367 e. The molecule has 0 aromatic rings. The molecule has 0 saturated carbocycles. The molecule has 1 aliphatic rings. The highest BCUT2D eigenvalue weighted by Gasteiger charge is 2.18. The molecule has 0 amide bonds. The fourth-order valence-electron chi connectivity index (χ4n) is 0.892. The fourth-order valence-corrected chi connectivity index (χ4v) is 1.72. The van der Waals surface area contributed by atoms with E-state index in [0.29, 0.717) is 6.16 Å². The summed E-state index contributed by atoms with van der Waals surface area (Å²) in [6, 6.07) is 0. The lowest BCUT2D eigenvalue weighted by atomic mass is 10.2. The van der Waals surface area contributed by atoms with Crippen molar-refractivity contribution >= 4 is 7.80 Å². The standard InChI is InChI=1S/C7H10O2P/c8-6-10(9)5-7-3-1-2-4-7/h1-4,7-8H,5-6H2/q+1. The van der Waals surface area contributed by atoms with Gasteiger partial charge in [-0.05, 0) is 0 Å². The summed E-state index contributed by atoms with van der Waals surface area (Å²) in [7, 11) is -1.39. The zero-order chi connectivity index (χ0) is 7.40. The highest BCUT2D eigenvalue weighted by molar-refractivity contribution is 7.44. The van der Waals surface area contributed by atoms with E-state index in [4.69, 9.17) is 5.11 Å². The molecule has 0 spiro atoms. The maximum atomic E-state index is 10.8. The zero-order valence-corrected chi connectivity index (χ0v) is 6.50. The molecule has 0 heterocycles. The van der Waals surface area contributed by atoms with Gasteiger partial charge in [-0.3, -0.25) is 0 Å². The van der Waals surface area contributed by atoms with Gasteiger partial charge in [0.2, 0.25) is 6.35 Å². The van der Waals surface area contributed by atoms with Crippen LogP contribution in [0.25, 0.3) is 0 Å². The predicted molar refractivity (Wildman–Crippen MR) is 41.3 cm³/mol. The Morgan fingerprint density at radius 1 is 1.40 bits per heavy atom. The average Bonchev–Trinajstić information content (AvgIpc) is 2.40. The van der Waals surface area contributed by atoms with Crippen molar-refractivity contribution in [1.29, 1.82) is 0 Å². The summed E-state index contributed by atoms with van der Waals surface area (Å²) >= 11 is 0. The van der Waals surface area contributed by atoms with E-state index < -0.39 is 7.80 Å². The number of aliphatic hydroxyl groups excluding tert-OH is 1. The number of hydrogen-bond acceptors (Lipinski definition) is 2. The molecule has 10 heavy (non-hydrogen) atoms. The zero-order valence-electron chi connectivity index (χ0n) is 5.60. The molecule has 0 saturated heterocycles. The van der Waals surface area contributed by atoms with Crippen LogP contribution in [-0.2, 0) is 4.57 Å². The van der Waals surface area contributed by atoms with E-state index in [1.165, 1.54) is 0 Å².